The highest BCUT2D eigenvalue weighted by molar-refractivity contribution is 6.71. The lowest BCUT2D eigenvalue weighted by molar-refractivity contribution is 0.106. The van der Waals surface area contributed by atoms with E-state index in [9.17, 15) is 28.8 Å². The maximum Gasteiger partial charge on any atom is 0.252 e. The van der Waals surface area contributed by atoms with Gasteiger partial charge in [-0.1, -0.05) is 24.3 Å². The molecule has 0 atom stereocenters. The summed E-state index contributed by atoms with van der Waals surface area (Å²) in [7, 11) is 0. The fourth-order valence-corrected chi connectivity index (χ4v) is 3.29. The second-order valence-corrected chi connectivity index (χ2v) is 9.04. The predicted octanol–water partition coefficient (Wildman–Crippen LogP) is 7.73. The molecule has 3 rings (SSSR count). The van der Waals surface area contributed by atoms with Crippen molar-refractivity contribution in [2.75, 3.05) is 6.61 Å². The Hall–Kier alpha value is -2.78. The van der Waals surface area contributed by atoms with Gasteiger partial charge in [-0.15, -0.1) is 0 Å². The topological polar surface area (TPSA) is 112 Å². The molecular formula is C26H16Cl6O7. The minimum Gasteiger partial charge on any atom is -0.494 e. The first kappa shape index (κ1) is 34.2. The van der Waals surface area contributed by atoms with E-state index in [1.807, 2.05) is 6.92 Å². The van der Waals surface area contributed by atoms with E-state index in [1.54, 1.807) is 30.3 Å². The molecule has 0 aliphatic carbocycles. The van der Waals surface area contributed by atoms with E-state index in [4.69, 9.17) is 74.3 Å². The van der Waals surface area contributed by atoms with Crippen LogP contribution in [0.15, 0.2) is 66.7 Å². The Balaban J connectivity index is 0.000000295. The highest BCUT2D eigenvalue weighted by Gasteiger charge is 2.13. The Bertz CT molecular complexity index is 1300. The number of benzene rings is 3. The molecule has 0 heterocycles. The standard InChI is InChI=1S/C9H3Cl3O3.C9H9ClO2.C8H4Cl2O2/c10-7(13)4-1-5(8(11)14)3-6(2-4)9(12)15;1-2-12-8-5-3-4-7(6-8)9(10)11;9-7(11)5-2-1-3-6(4-5)8(10)12/h1-3H;3-6H,2H2,1H3;1-4H. The highest BCUT2D eigenvalue weighted by Crippen LogP contribution is 2.16. The van der Waals surface area contributed by atoms with Crippen molar-refractivity contribution >= 4 is 101 Å². The Morgan fingerprint density at radius 2 is 0.769 bits per heavy atom. The van der Waals surface area contributed by atoms with Crippen molar-refractivity contribution in [3.8, 4) is 5.75 Å². The molecule has 0 aliphatic rings. The van der Waals surface area contributed by atoms with Gasteiger partial charge in [0.2, 0.25) is 0 Å². The normalized spacial score (nSPS) is 9.62. The van der Waals surface area contributed by atoms with Gasteiger partial charge in [0.25, 0.3) is 31.5 Å². The molecule has 39 heavy (non-hydrogen) atoms. The molecule has 3 aromatic carbocycles. The van der Waals surface area contributed by atoms with Gasteiger partial charge in [-0.3, -0.25) is 28.8 Å². The molecule has 3 aromatic rings. The smallest absolute Gasteiger partial charge is 0.252 e. The molecule has 0 saturated carbocycles. The van der Waals surface area contributed by atoms with Gasteiger partial charge in [0.15, 0.2) is 0 Å². The van der Waals surface area contributed by atoms with Gasteiger partial charge in [-0.25, -0.2) is 0 Å². The lowest BCUT2D eigenvalue weighted by Crippen LogP contribution is -2.00. The van der Waals surface area contributed by atoms with Crippen LogP contribution in [-0.2, 0) is 0 Å². The molecule has 0 saturated heterocycles. The third-order valence-electron chi connectivity index (χ3n) is 4.30. The molecule has 204 valence electrons. The summed E-state index contributed by atoms with van der Waals surface area (Å²) < 4.78 is 5.19. The molecule has 0 N–H and O–H groups in total. The number of ether oxygens (including phenoxy) is 1. The van der Waals surface area contributed by atoms with Crippen LogP contribution in [0.25, 0.3) is 0 Å². The number of carbonyl (C=O) groups is 6. The van der Waals surface area contributed by atoms with Crippen molar-refractivity contribution in [1.82, 2.24) is 0 Å². The Kier molecular flexibility index (Phi) is 14.9. The van der Waals surface area contributed by atoms with Crippen LogP contribution < -0.4 is 4.74 Å². The van der Waals surface area contributed by atoms with Gasteiger partial charge in [0, 0.05) is 33.4 Å². The Morgan fingerprint density at radius 1 is 0.487 bits per heavy atom. The summed E-state index contributed by atoms with van der Waals surface area (Å²) in [6, 6.07) is 16.3. The molecule has 0 unspecified atom stereocenters. The van der Waals surface area contributed by atoms with E-state index in [-0.39, 0.29) is 27.8 Å². The summed E-state index contributed by atoms with van der Waals surface area (Å²) in [5.74, 6) is 0.670. The van der Waals surface area contributed by atoms with Crippen LogP contribution in [0.1, 0.15) is 69.1 Å². The van der Waals surface area contributed by atoms with E-state index >= 15 is 0 Å². The van der Waals surface area contributed by atoms with Crippen LogP contribution in [-0.4, -0.2) is 38.1 Å². The summed E-state index contributed by atoms with van der Waals surface area (Å²) in [5, 5.41) is -4.06. The zero-order chi connectivity index (χ0) is 29.7. The van der Waals surface area contributed by atoms with Gasteiger partial charge in [-0.2, -0.15) is 0 Å². The zero-order valence-corrected chi connectivity index (χ0v) is 24.2. The van der Waals surface area contributed by atoms with Crippen LogP contribution in [0.4, 0.5) is 0 Å². The quantitative estimate of drug-likeness (QED) is 0.229. The first-order chi connectivity index (χ1) is 18.3. The molecule has 0 amide bonds. The second kappa shape index (κ2) is 17.0. The second-order valence-electron chi connectivity index (χ2n) is 6.98. The monoisotopic (exact) mass is 650 g/mol. The summed E-state index contributed by atoms with van der Waals surface area (Å²) in [6.07, 6.45) is 0. The average molecular weight is 653 g/mol. The van der Waals surface area contributed by atoms with Crippen LogP contribution in [0.5, 0.6) is 5.75 Å². The maximum atomic E-state index is 10.9. The van der Waals surface area contributed by atoms with Crippen molar-refractivity contribution in [3.05, 3.63) is 100 Å². The van der Waals surface area contributed by atoms with Crippen LogP contribution >= 0.6 is 69.6 Å². The van der Waals surface area contributed by atoms with Crippen LogP contribution in [0, 0.1) is 0 Å². The minimum absolute atomic E-state index is 0.00725. The maximum absolute atomic E-state index is 10.9. The van der Waals surface area contributed by atoms with Crippen molar-refractivity contribution in [1.29, 1.82) is 0 Å². The fourth-order valence-electron chi connectivity index (χ4n) is 2.61. The first-order valence-corrected chi connectivity index (χ1v) is 12.7. The number of hydrogen-bond donors (Lipinski definition) is 0. The van der Waals surface area contributed by atoms with Gasteiger partial charge < -0.3 is 4.74 Å². The summed E-state index contributed by atoms with van der Waals surface area (Å²) >= 11 is 31.3. The average Bonchev–Trinajstić information content (AvgIpc) is 2.89. The van der Waals surface area contributed by atoms with E-state index in [2.05, 4.69) is 0 Å². The molecule has 0 fully saturated rings. The number of rotatable bonds is 8. The largest absolute Gasteiger partial charge is 0.494 e. The molecule has 13 heteroatoms. The Morgan fingerprint density at radius 3 is 1.08 bits per heavy atom. The molecule has 0 spiro atoms. The van der Waals surface area contributed by atoms with Gasteiger partial charge in [0.05, 0.1) is 6.61 Å². The van der Waals surface area contributed by atoms with Gasteiger partial charge >= 0.3 is 0 Å². The number of hydrogen-bond acceptors (Lipinski definition) is 7. The lowest BCUT2D eigenvalue weighted by atomic mass is 10.1. The van der Waals surface area contributed by atoms with Crippen molar-refractivity contribution < 1.29 is 33.5 Å². The molecule has 0 aromatic heterocycles. The van der Waals surface area contributed by atoms with Gasteiger partial charge in [0.1, 0.15) is 5.75 Å². The van der Waals surface area contributed by atoms with Crippen LogP contribution in [0.2, 0.25) is 0 Å². The lowest BCUT2D eigenvalue weighted by Gasteiger charge is -2.02. The minimum atomic E-state index is -0.797. The summed E-state index contributed by atoms with van der Waals surface area (Å²) in [5.41, 5.74) is 0.973. The molecule has 0 bridgehead atoms. The van der Waals surface area contributed by atoms with E-state index < -0.39 is 31.5 Å². The van der Waals surface area contributed by atoms with Gasteiger partial charge in [-0.05, 0) is 119 Å². The number of carbonyl (C=O) groups excluding carboxylic acids is 6. The molecule has 0 aliphatic heterocycles. The van der Waals surface area contributed by atoms with Crippen molar-refractivity contribution in [2.45, 2.75) is 6.92 Å². The fraction of sp³-hybridized carbons (Fsp3) is 0.0769. The highest BCUT2D eigenvalue weighted by atomic mass is 35.5. The third kappa shape index (κ3) is 12.3. The van der Waals surface area contributed by atoms with E-state index in [0.29, 0.717) is 17.9 Å². The zero-order valence-electron chi connectivity index (χ0n) is 19.7. The summed E-state index contributed by atoms with van der Waals surface area (Å²) in [4.78, 5) is 64.5. The van der Waals surface area contributed by atoms with Crippen molar-refractivity contribution in [2.24, 2.45) is 0 Å². The van der Waals surface area contributed by atoms with E-state index in [0.717, 1.165) is 0 Å². The van der Waals surface area contributed by atoms with E-state index in [1.165, 1.54) is 36.4 Å². The van der Waals surface area contributed by atoms with Crippen LogP contribution in [0.3, 0.4) is 0 Å². The molecule has 0 radical (unpaired) electrons. The third-order valence-corrected chi connectivity index (χ3v) is 5.61. The molecule has 7 nitrogen and oxygen atoms in total. The van der Waals surface area contributed by atoms with Crippen molar-refractivity contribution in [3.63, 3.8) is 0 Å². The summed E-state index contributed by atoms with van der Waals surface area (Å²) in [6.45, 7) is 2.47. The first-order valence-electron chi connectivity index (χ1n) is 10.4. The predicted molar refractivity (Wildman–Crippen MR) is 152 cm³/mol. The SMILES string of the molecule is CCOc1cccc(C(=O)Cl)c1.O=C(Cl)c1cc(C(=O)Cl)cc(C(=O)Cl)c1.O=C(Cl)c1cccc(C(=O)Cl)c1. The number of halogens is 6. The Labute approximate surface area is 252 Å². The molecular weight excluding hydrogens is 637 g/mol.